The van der Waals surface area contributed by atoms with Crippen LogP contribution in [0.5, 0.6) is 5.75 Å². The number of phenolic OH excluding ortho intramolecular Hbond substituents is 1. The van der Waals surface area contributed by atoms with Gasteiger partial charge in [0.2, 0.25) is 0 Å². The average molecular weight is 195 g/mol. The second kappa shape index (κ2) is 3.67. The standard InChI is InChI=1S/C10H13NO3/c1-5-6(2)8(12)4-3-7(5)9(11)10(13)14/h3-4,9,12H,11H2,1-2H3,(H,13,14). The highest BCUT2D eigenvalue weighted by atomic mass is 16.4. The van der Waals surface area contributed by atoms with Crippen LogP contribution in [0.3, 0.4) is 0 Å². The van der Waals surface area contributed by atoms with E-state index in [9.17, 15) is 9.90 Å². The minimum atomic E-state index is -1.07. The number of phenols is 1. The maximum absolute atomic E-state index is 10.7. The van der Waals surface area contributed by atoms with Crippen LogP contribution < -0.4 is 5.73 Å². The smallest absolute Gasteiger partial charge is 0.325 e. The minimum absolute atomic E-state index is 0.156. The van der Waals surface area contributed by atoms with E-state index in [1.54, 1.807) is 13.8 Å². The lowest BCUT2D eigenvalue weighted by Crippen LogP contribution is -2.21. The van der Waals surface area contributed by atoms with Gasteiger partial charge in [-0.05, 0) is 36.6 Å². The first-order chi connectivity index (χ1) is 6.45. The molecular weight excluding hydrogens is 182 g/mol. The van der Waals surface area contributed by atoms with Crippen LogP contribution in [0.15, 0.2) is 12.1 Å². The lowest BCUT2D eigenvalue weighted by Gasteiger charge is -2.13. The zero-order chi connectivity index (χ0) is 10.9. The molecule has 0 saturated carbocycles. The molecule has 0 heterocycles. The average Bonchev–Trinajstić information content (AvgIpc) is 2.13. The number of rotatable bonds is 2. The molecule has 1 atom stereocenters. The Hall–Kier alpha value is -1.55. The third-order valence-electron chi connectivity index (χ3n) is 2.40. The van der Waals surface area contributed by atoms with Gasteiger partial charge in [0.1, 0.15) is 11.8 Å². The Labute approximate surface area is 82.0 Å². The second-order valence-corrected chi connectivity index (χ2v) is 3.24. The molecule has 0 aromatic heterocycles. The number of hydrogen-bond donors (Lipinski definition) is 3. The van der Waals surface area contributed by atoms with E-state index >= 15 is 0 Å². The number of carbonyl (C=O) groups is 1. The Bertz CT molecular complexity index is 374. The Morgan fingerprint density at radius 1 is 1.36 bits per heavy atom. The van der Waals surface area contributed by atoms with Gasteiger partial charge in [0.15, 0.2) is 0 Å². The van der Waals surface area contributed by atoms with E-state index in [1.165, 1.54) is 12.1 Å². The molecular formula is C10H13NO3. The van der Waals surface area contributed by atoms with E-state index in [0.717, 1.165) is 5.56 Å². The number of nitrogens with two attached hydrogens (primary N) is 1. The fraction of sp³-hybridized carbons (Fsp3) is 0.300. The van der Waals surface area contributed by atoms with Crippen molar-refractivity contribution in [2.75, 3.05) is 0 Å². The van der Waals surface area contributed by atoms with Crippen LogP contribution in [0.25, 0.3) is 0 Å². The van der Waals surface area contributed by atoms with E-state index in [1.807, 2.05) is 0 Å². The molecule has 4 heteroatoms. The van der Waals surface area contributed by atoms with Crippen LogP contribution in [0, 0.1) is 13.8 Å². The van der Waals surface area contributed by atoms with Gasteiger partial charge in [0.05, 0.1) is 0 Å². The van der Waals surface area contributed by atoms with Gasteiger partial charge in [0.25, 0.3) is 0 Å². The van der Waals surface area contributed by atoms with Crippen molar-refractivity contribution in [1.29, 1.82) is 0 Å². The fourth-order valence-electron chi connectivity index (χ4n) is 1.30. The van der Waals surface area contributed by atoms with Crippen LogP contribution in [-0.4, -0.2) is 16.2 Å². The number of carboxylic acid groups (broad SMARTS) is 1. The maximum Gasteiger partial charge on any atom is 0.325 e. The topological polar surface area (TPSA) is 83.5 Å². The molecule has 1 aromatic rings. The van der Waals surface area contributed by atoms with Gasteiger partial charge < -0.3 is 15.9 Å². The highest BCUT2D eigenvalue weighted by molar-refractivity contribution is 5.76. The molecule has 1 unspecified atom stereocenters. The number of carboxylic acids is 1. The minimum Gasteiger partial charge on any atom is -0.508 e. The molecule has 0 saturated heterocycles. The summed E-state index contributed by atoms with van der Waals surface area (Å²) < 4.78 is 0. The van der Waals surface area contributed by atoms with Crippen molar-refractivity contribution in [3.05, 3.63) is 28.8 Å². The molecule has 4 N–H and O–H groups in total. The van der Waals surface area contributed by atoms with Crippen LogP contribution in [-0.2, 0) is 4.79 Å². The van der Waals surface area contributed by atoms with Gasteiger partial charge in [-0.25, -0.2) is 0 Å². The molecule has 0 amide bonds. The summed E-state index contributed by atoms with van der Waals surface area (Å²) in [4.78, 5) is 10.7. The summed E-state index contributed by atoms with van der Waals surface area (Å²) in [6.07, 6.45) is 0. The molecule has 1 rings (SSSR count). The predicted octanol–water partition coefficient (Wildman–Crippen LogP) is 1.09. The lowest BCUT2D eigenvalue weighted by atomic mass is 9.97. The summed E-state index contributed by atoms with van der Waals surface area (Å²) in [5.74, 6) is -0.915. The monoisotopic (exact) mass is 195 g/mol. The first-order valence-corrected chi connectivity index (χ1v) is 4.22. The normalized spacial score (nSPS) is 12.5. The van der Waals surface area contributed by atoms with E-state index in [0.29, 0.717) is 11.1 Å². The molecule has 0 radical (unpaired) electrons. The summed E-state index contributed by atoms with van der Waals surface area (Å²) in [5, 5.41) is 18.1. The van der Waals surface area contributed by atoms with Crippen molar-refractivity contribution >= 4 is 5.97 Å². The molecule has 0 fully saturated rings. The van der Waals surface area contributed by atoms with Crippen molar-refractivity contribution in [2.24, 2.45) is 5.73 Å². The number of aromatic hydroxyl groups is 1. The molecule has 1 aromatic carbocycles. The van der Waals surface area contributed by atoms with Gasteiger partial charge in [-0.15, -0.1) is 0 Å². The largest absolute Gasteiger partial charge is 0.508 e. The molecule has 0 bridgehead atoms. The Morgan fingerprint density at radius 2 is 1.93 bits per heavy atom. The maximum atomic E-state index is 10.7. The fourth-order valence-corrected chi connectivity index (χ4v) is 1.30. The Kier molecular flexibility index (Phi) is 2.76. The van der Waals surface area contributed by atoms with Gasteiger partial charge >= 0.3 is 5.97 Å². The molecule has 4 nitrogen and oxygen atoms in total. The van der Waals surface area contributed by atoms with Crippen molar-refractivity contribution in [1.82, 2.24) is 0 Å². The third kappa shape index (κ3) is 1.70. The second-order valence-electron chi connectivity index (χ2n) is 3.24. The summed E-state index contributed by atoms with van der Waals surface area (Å²) >= 11 is 0. The number of aliphatic carboxylic acids is 1. The highest BCUT2D eigenvalue weighted by Crippen LogP contribution is 2.25. The molecule has 0 aliphatic rings. The number of hydrogen-bond acceptors (Lipinski definition) is 3. The van der Waals surface area contributed by atoms with E-state index in [-0.39, 0.29) is 5.75 Å². The van der Waals surface area contributed by atoms with Crippen LogP contribution >= 0.6 is 0 Å². The van der Waals surface area contributed by atoms with E-state index < -0.39 is 12.0 Å². The summed E-state index contributed by atoms with van der Waals surface area (Å²) in [6.45, 7) is 3.47. The summed E-state index contributed by atoms with van der Waals surface area (Å²) in [7, 11) is 0. The molecule has 14 heavy (non-hydrogen) atoms. The predicted molar refractivity (Wildman–Crippen MR) is 52.1 cm³/mol. The first kappa shape index (κ1) is 10.5. The zero-order valence-electron chi connectivity index (χ0n) is 8.11. The SMILES string of the molecule is Cc1c(O)ccc(C(N)C(=O)O)c1C. The molecule has 0 aliphatic heterocycles. The van der Waals surface area contributed by atoms with Crippen LogP contribution in [0.2, 0.25) is 0 Å². The van der Waals surface area contributed by atoms with E-state index in [2.05, 4.69) is 0 Å². The van der Waals surface area contributed by atoms with Crippen molar-refractivity contribution in [2.45, 2.75) is 19.9 Å². The van der Waals surface area contributed by atoms with Crippen molar-refractivity contribution in [3.63, 3.8) is 0 Å². The van der Waals surface area contributed by atoms with Gasteiger partial charge in [-0.3, -0.25) is 4.79 Å². The summed E-state index contributed by atoms with van der Waals surface area (Å²) in [5.41, 5.74) is 7.40. The highest BCUT2D eigenvalue weighted by Gasteiger charge is 2.17. The van der Waals surface area contributed by atoms with E-state index in [4.69, 9.17) is 10.8 Å². The molecule has 0 aliphatic carbocycles. The Morgan fingerprint density at radius 3 is 2.43 bits per heavy atom. The lowest BCUT2D eigenvalue weighted by molar-refractivity contribution is -0.138. The third-order valence-corrected chi connectivity index (χ3v) is 2.40. The van der Waals surface area contributed by atoms with Crippen LogP contribution in [0.1, 0.15) is 22.7 Å². The quantitative estimate of drug-likeness (QED) is 0.659. The Balaban J connectivity index is 3.24. The van der Waals surface area contributed by atoms with Gasteiger partial charge in [-0.2, -0.15) is 0 Å². The first-order valence-electron chi connectivity index (χ1n) is 4.22. The van der Waals surface area contributed by atoms with Crippen molar-refractivity contribution in [3.8, 4) is 5.75 Å². The molecule has 76 valence electrons. The number of benzene rings is 1. The zero-order valence-corrected chi connectivity index (χ0v) is 8.11. The summed E-state index contributed by atoms with van der Waals surface area (Å²) in [6, 6.07) is 1.96. The van der Waals surface area contributed by atoms with Crippen LogP contribution in [0.4, 0.5) is 0 Å². The van der Waals surface area contributed by atoms with Gasteiger partial charge in [0, 0.05) is 0 Å². The molecule has 0 spiro atoms. The van der Waals surface area contributed by atoms with Crippen molar-refractivity contribution < 1.29 is 15.0 Å². The van der Waals surface area contributed by atoms with Gasteiger partial charge in [-0.1, -0.05) is 6.07 Å².